The zero-order valence-electron chi connectivity index (χ0n) is 9.83. The average molecular weight is 240 g/mol. The van der Waals surface area contributed by atoms with E-state index >= 15 is 0 Å². The van der Waals surface area contributed by atoms with Crippen molar-refractivity contribution in [1.29, 1.82) is 0 Å². The first-order chi connectivity index (χ1) is 8.17. The van der Waals surface area contributed by atoms with Gasteiger partial charge in [0.2, 0.25) is 5.91 Å². The number of nitrogens with two attached hydrogens (primary N) is 1. The molecule has 17 heavy (non-hydrogen) atoms. The number of ether oxygens (including phenoxy) is 1. The summed E-state index contributed by atoms with van der Waals surface area (Å²) in [5.74, 6) is -0.204. The lowest BCUT2D eigenvalue weighted by molar-refractivity contribution is -0.116. The molecule has 1 rings (SSSR count). The maximum absolute atomic E-state index is 13.0. The van der Waals surface area contributed by atoms with E-state index in [4.69, 9.17) is 10.5 Å². The Balaban J connectivity index is 2.72. The van der Waals surface area contributed by atoms with Crippen LogP contribution < -0.4 is 15.8 Å². The topological polar surface area (TPSA) is 64.3 Å². The number of hydrogen-bond acceptors (Lipinski definition) is 3. The molecule has 0 unspecified atom stereocenters. The molecule has 1 aromatic carbocycles. The van der Waals surface area contributed by atoms with E-state index in [1.807, 2.05) is 0 Å². The third-order valence-corrected chi connectivity index (χ3v) is 2.13. The van der Waals surface area contributed by atoms with Crippen molar-refractivity contribution < 1.29 is 13.9 Å². The lowest BCUT2D eigenvalue weighted by Crippen LogP contribution is -2.14. The monoisotopic (exact) mass is 240 g/mol. The third-order valence-electron chi connectivity index (χ3n) is 2.13. The van der Waals surface area contributed by atoms with Gasteiger partial charge < -0.3 is 15.8 Å². The van der Waals surface area contributed by atoms with Crippen molar-refractivity contribution in [3.05, 3.63) is 24.0 Å². The van der Waals surface area contributed by atoms with Crippen LogP contribution in [0, 0.1) is 5.82 Å². The first kappa shape index (κ1) is 13.4. The minimum absolute atomic E-state index is 0.150. The van der Waals surface area contributed by atoms with Crippen molar-refractivity contribution in [2.24, 2.45) is 5.73 Å². The van der Waals surface area contributed by atoms with E-state index < -0.39 is 5.82 Å². The quantitative estimate of drug-likeness (QED) is 0.798. The molecule has 0 aliphatic heterocycles. The number of amides is 1. The number of carbonyl (C=O) groups is 1. The van der Waals surface area contributed by atoms with Gasteiger partial charge >= 0.3 is 0 Å². The summed E-state index contributed by atoms with van der Waals surface area (Å²) < 4.78 is 18.2. The highest BCUT2D eigenvalue weighted by atomic mass is 19.1. The third kappa shape index (κ3) is 4.40. The maximum atomic E-state index is 13.0. The summed E-state index contributed by atoms with van der Waals surface area (Å²) in [5.41, 5.74) is 5.80. The minimum Gasteiger partial charge on any atom is -0.492 e. The predicted molar refractivity (Wildman–Crippen MR) is 64.5 cm³/mol. The summed E-state index contributed by atoms with van der Waals surface area (Å²) in [4.78, 5) is 11.5. The van der Waals surface area contributed by atoms with Crippen molar-refractivity contribution in [3.63, 3.8) is 0 Å². The van der Waals surface area contributed by atoms with E-state index in [1.165, 1.54) is 18.2 Å². The number of anilines is 1. The molecule has 0 saturated heterocycles. The van der Waals surface area contributed by atoms with E-state index in [9.17, 15) is 9.18 Å². The second-order valence-electron chi connectivity index (χ2n) is 3.51. The van der Waals surface area contributed by atoms with Crippen molar-refractivity contribution in [3.8, 4) is 5.75 Å². The Morgan fingerprint density at radius 3 is 2.94 bits per heavy atom. The van der Waals surface area contributed by atoms with Crippen LogP contribution in [0.1, 0.15) is 19.8 Å². The number of hydrogen-bond donors (Lipinski definition) is 2. The Hall–Kier alpha value is -1.62. The highest BCUT2D eigenvalue weighted by molar-refractivity contribution is 5.92. The fourth-order valence-corrected chi connectivity index (χ4v) is 1.35. The van der Waals surface area contributed by atoms with Crippen LogP contribution in [0.4, 0.5) is 10.1 Å². The average Bonchev–Trinajstić information content (AvgIpc) is 2.30. The summed E-state index contributed by atoms with van der Waals surface area (Å²) >= 11 is 0. The van der Waals surface area contributed by atoms with Gasteiger partial charge in [-0.1, -0.05) is 0 Å². The van der Waals surface area contributed by atoms with Crippen LogP contribution in [-0.4, -0.2) is 19.1 Å². The molecule has 0 atom stereocenters. The largest absolute Gasteiger partial charge is 0.492 e. The van der Waals surface area contributed by atoms with Crippen LogP contribution in [-0.2, 0) is 4.79 Å². The van der Waals surface area contributed by atoms with Gasteiger partial charge in [0.15, 0.2) is 0 Å². The van der Waals surface area contributed by atoms with Crippen LogP contribution in [0.25, 0.3) is 0 Å². The van der Waals surface area contributed by atoms with Gasteiger partial charge in [-0.25, -0.2) is 4.39 Å². The van der Waals surface area contributed by atoms with Gasteiger partial charge in [-0.05, 0) is 32.0 Å². The van der Waals surface area contributed by atoms with E-state index in [-0.39, 0.29) is 5.91 Å². The molecule has 0 fully saturated rings. The number of rotatable bonds is 6. The normalized spacial score (nSPS) is 10.1. The maximum Gasteiger partial charge on any atom is 0.224 e. The molecule has 5 heteroatoms. The standard InChI is InChI=1S/C12H17FN2O2/c1-2-17-11-8-9(13)5-6-10(11)15-12(16)4-3-7-14/h5-6,8H,2-4,7,14H2,1H3,(H,15,16). The van der Waals surface area contributed by atoms with Crippen molar-refractivity contribution in [2.45, 2.75) is 19.8 Å². The van der Waals surface area contributed by atoms with Crippen LogP contribution in [0.5, 0.6) is 5.75 Å². The van der Waals surface area contributed by atoms with Gasteiger partial charge in [0.25, 0.3) is 0 Å². The van der Waals surface area contributed by atoms with Gasteiger partial charge in [0, 0.05) is 12.5 Å². The highest BCUT2D eigenvalue weighted by Crippen LogP contribution is 2.25. The number of halogens is 1. The van der Waals surface area contributed by atoms with Crippen LogP contribution in [0.3, 0.4) is 0 Å². The molecule has 0 aliphatic carbocycles. The Morgan fingerprint density at radius 2 is 2.29 bits per heavy atom. The summed E-state index contributed by atoms with van der Waals surface area (Å²) in [7, 11) is 0. The SMILES string of the molecule is CCOc1cc(F)ccc1NC(=O)CCCN. The molecule has 4 nitrogen and oxygen atoms in total. The summed E-state index contributed by atoms with van der Waals surface area (Å²) in [6.45, 7) is 2.68. The molecule has 0 aliphatic rings. The molecule has 0 radical (unpaired) electrons. The van der Waals surface area contributed by atoms with Crippen molar-refractivity contribution >= 4 is 11.6 Å². The molecule has 0 aromatic heterocycles. The zero-order valence-corrected chi connectivity index (χ0v) is 9.83. The van der Waals surface area contributed by atoms with E-state index in [0.717, 1.165) is 0 Å². The van der Waals surface area contributed by atoms with Crippen molar-refractivity contribution in [2.75, 3.05) is 18.5 Å². The Morgan fingerprint density at radius 1 is 1.53 bits per heavy atom. The molecule has 1 aromatic rings. The first-order valence-corrected chi connectivity index (χ1v) is 5.59. The van der Waals surface area contributed by atoms with Gasteiger partial charge in [0.1, 0.15) is 11.6 Å². The molecular formula is C12H17FN2O2. The number of benzene rings is 1. The molecule has 3 N–H and O–H groups in total. The van der Waals surface area contributed by atoms with E-state index in [0.29, 0.717) is 37.4 Å². The smallest absolute Gasteiger partial charge is 0.224 e. The fourth-order valence-electron chi connectivity index (χ4n) is 1.35. The van der Waals surface area contributed by atoms with Crippen LogP contribution >= 0.6 is 0 Å². The summed E-state index contributed by atoms with van der Waals surface area (Å²) in [6.07, 6.45) is 0.969. The van der Waals surface area contributed by atoms with Gasteiger partial charge in [-0.15, -0.1) is 0 Å². The Bertz CT molecular complexity index is 383. The van der Waals surface area contributed by atoms with Gasteiger partial charge in [-0.2, -0.15) is 0 Å². The second kappa shape index (κ2) is 6.85. The molecular weight excluding hydrogens is 223 g/mol. The number of carbonyl (C=O) groups excluding carboxylic acids is 1. The lowest BCUT2D eigenvalue weighted by atomic mass is 10.2. The highest BCUT2D eigenvalue weighted by Gasteiger charge is 2.08. The summed E-state index contributed by atoms with van der Waals surface area (Å²) in [5, 5.41) is 2.67. The molecule has 94 valence electrons. The Kier molecular flexibility index (Phi) is 5.42. The molecule has 0 heterocycles. The fraction of sp³-hybridized carbons (Fsp3) is 0.417. The molecule has 0 bridgehead atoms. The van der Waals surface area contributed by atoms with Crippen LogP contribution in [0.15, 0.2) is 18.2 Å². The first-order valence-electron chi connectivity index (χ1n) is 5.59. The van der Waals surface area contributed by atoms with E-state index in [1.54, 1.807) is 6.92 Å². The van der Waals surface area contributed by atoms with Crippen molar-refractivity contribution in [1.82, 2.24) is 0 Å². The van der Waals surface area contributed by atoms with Gasteiger partial charge in [0.05, 0.1) is 12.3 Å². The predicted octanol–water partition coefficient (Wildman–Crippen LogP) is 1.90. The summed E-state index contributed by atoms with van der Waals surface area (Å²) in [6, 6.07) is 4.02. The lowest BCUT2D eigenvalue weighted by Gasteiger charge is -2.11. The van der Waals surface area contributed by atoms with Gasteiger partial charge in [-0.3, -0.25) is 4.79 Å². The molecule has 1 amide bonds. The molecule has 0 spiro atoms. The second-order valence-corrected chi connectivity index (χ2v) is 3.51. The Labute approximate surface area is 100.0 Å². The molecule has 0 saturated carbocycles. The zero-order chi connectivity index (χ0) is 12.7. The van der Waals surface area contributed by atoms with E-state index in [2.05, 4.69) is 5.32 Å². The van der Waals surface area contributed by atoms with Crippen LogP contribution in [0.2, 0.25) is 0 Å². The minimum atomic E-state index is -0.395. The number of nitrogens with one attached hydrogen (secondary N) is 1.